The van der Waals surface area contributed by atoms with Crippen molar-refractivity contribution < 1.29 is 0 Å². The fourth-order valence-corrected chi connectivity index (χ4v) is 4.03. The average molecular weight is 295 g/mol. The topological polar surface area (TPSA) is 28.2 Å². The van der Waals surface area contributed by atoms with Crippen molar-refractivity contribution in [3.63, 3.8) is 0 Å². The van der Waals surface area contributed by atoms with Crippen LogP contribution in [0.2, 0.25) is 0 Å². The van der Waals surface area contributed by atoms with Crippen molar-refractivity contribution in [1.29, 1.82) is 0 Å². The van der Waals surface area contributed by atoms with Gasteiger partial charge in [0.2, 0.25) is 0 Å². The number of hydrogen-bond donors (Lipinski definition) is 1. The summed E-state index contributed by atoms with van der Waals surface area (Å²) in [6, 6.07) is 1.07. The smallest absolute Gasteiger partial charge is 0.110 e. The van der Waals surface area contributed by atoms with Crippen LogP contribution in [0.1, 0.15) is 58.5 Å². The molecule has 3 atom stereocenters. The molecular formula is C16H29N3S. The van der Waals surface area contributed by atoms with E-state index in [1.165, 1.54) is 11.4 Å². The first-order valence-electron chi connectivity index (χ1n) is 7.91. The van der Waals surface area contributed by atoms with E-state index in [4.69, 9.17) is 0 Å². The maximum absolute atomic E-state index is 4.59. The average Bonchev–Trinajstić information content (AvgIpc) is 2.93. The molecule has 0 saturated carbocycles. The summed E-state index contributed by atoms with van der Waals surface area (Å²) in [5.74, 6) is 0.665. The van der Waals surface area contributed by atoms with E-state index in [2.05, 4.69) is 55.2 Å². The van der Waals surface area contributed by atoms with Crippen molar-refractivity contribution in [3.05, 3.63) is 16.6 Å². The number of thiazole rings is 1. The van der Waals surface area contributed by atoms with Crippen LogP contribution >= 0.6 is 11.3 Å². The molecule has 1 aromatic heterocycles. The van der Waals surface area contributed by atoms with Crippen molar-refractivity contribution in [2.24, 2.45) is 5.92 Å². The Kier molecular flexibility index (Phi) is 5.21. The molecule has 0 spiro atoms. The first-order valence-corrected chi connectivity index (χ1v) is 8.79. The Hall–Kier alpha value is -0.450. The van der Waals surface area contributed by atoms with Crippen LogP contribution < -0.4 is 5.32 Å². The zero-order chi connectivity index (χ0) is 14.8. The van der Waals surface area contributed by atoms with Gasteiger partial charge in [-0.15, -0.1) is 11.3 Å². The van der Waals surface area contributed by atoms with Crippen LogP contribution in [0.15, 0.2) is 11.6 Å². The van der Waals surface area contributed by atoms with Gasteiger partial charge in [-0.3, -0.25) is 4.90 Å². The highest BCUT2D eigenvalue weighted by Gasteiger charge is 2.39. The van der Waals surface area contributed by atoms with Crippen LogP contribution in [0.5, 0.6) is 0 Å². The van der Waals surface area contributed by atoms with Crippen molar-refractivity contribution in [1.82, 2.24) is 15.2 Å². The summed E-state index contributed by atoms with van der Waals surface area (Å²) in [5.41, 5.74) is 0.232. The van der Waals surface area contributed by atoms with Gasteiger partial charge in [0.05, 0.1) is 6.04 Å². The zero-order valence-electron chi connectivity index (χ0n) is 13.5. The molecule has 0 aliphatic carbocycles. The van der Waals surface area contributed by atoms with E-state index in [1.54, 1.807) is 11.3 Å². The van der Waals surface area contributed by atoms with Gasteiger partial charge < -0.3 is 5.32 Å². The number of nitrogens with zero attached hydrogens (tertiary/aromatic N) is 2. The van der Waals surface area contributed by atoms with E-state index in [1.807, 2.05) is 6.20 Å². The van der Waals surface area contributed by atoms with Gasteiger partial charge in [-0.1, -0.05) is 27.7 Å². The molecule has 4 heteroatoms. The predicted molar refractivity (Wildman–Crippen MR) is 87.2 cm³/mol. The summed E-state index contributed by atoms with van der Waals surface area (Å²) in [5, 5.41) is 7.15. The highest BCUT2D eigenvalue weighted by molar-refractivity contribution is 7.09. The van der Waals surface area contributed by atoms with Crippen LogP contribution in [-0.4, -0.2) is 34.6 Å². The first kappa shape index (κ1) is 15.9. The van der Waals surface area contributed by atoms with Crippen LogP contribution in [0, 0.1) is 5.92 Å². The Morgan fingerprint density at radius 1 is 1.50 bits per heavy atom. The molecule has 1 aliphatic rings. The first-order chi connectivity index (χ1) is 9.50. The molecule has 1 saturated heterocycles. The molecule has 1 fully saturated rings. The molecule has 0 bridgehead atoms. The van der Waals surface area contributed by atoms with Gasteiger partial charge >= 0.3 is 0 Å². The van der Waals surface area contributed by atoms with Crippen molar-refractivity contribution in [2.45, 2.75) is 65.1 Å². The van der Waals surface area contributed by atoms with Gasteiger partial charge in [0.15, 0.2) is 0 Å². The molecule has 2 heterocycles. The van der Waals surface area contributed by atoms with Gasteiger partial charge in [0, 0.05) is 36.2 Å². The second-order valence-corrected chi connectivity index (χ2v) is 7.50. The van der Waals surface area contributed by atoms with Crippen LogP contribution in [0.3, 0.4) is 0 Å². The SMILES string of the molecule is CCC(c1nccs1)N1CC(C)(CC)NCC1C(C)C. The van der Waals surface area contributed by atoms with E-state index < -0.39 is 0 Å². The lowest BCUT2D eigenvalue weighted by molar-refractivity contribution is 0.0220. The van der Waals surface area contributed by atoms with Gasteiger partial charge in [-0.25, -0.2) is 4.98 Å². The molecule has 3 nitrogen and oxygen atoms in total. The second kappa shape index (κ2) is 6.54. The van der Waals surface area contributed by atoms with Crippen molar-refractivity contribution in [3.8, 4) is 0 Å². The van der Waals surface area contributed by atoms with E-state index in [0.717, 1.165) is 19.5 Å². The lowest BCUT2D eigenvalue weighted by Crippen LogP contribution is -2.64. The summed E-state index contributed by atoms with van der Waals surface area (Å²) in [7, 11) is 0. The minimum Gasteiger partial charge on any atom is -0.309 e. The predicted octanol–water partition coefficient (Wildman–Crippen LogP) is 3.69. The molecule has 1 aliphatic heterocycles. The highest BCUT2D eigenvalue weighted by Crippen LogP contribution is 2.34. The van der Waals surface area contributed by atoms with E-state index >= 15 is 0 Å². The third-order valence-corrected chi connectivity index (χ3v) is 5.65. The quantitative estimate of drug-likeness (QED) is 0.898. The molecule has 20 heavy (non-hydrogen) atoms. The minimum atomic E-state index is 0.232. The number of hydrogen-bond acceptors (Lipinski definition) is 4. The monoisotopic (exact) mass is 295 g/mol. The van der Waals surface area contributed by atoms with Crippen LogP contribution in [-0.2, 0) is 0 Å². The summed E-state index contributed by atoms with van der Waals surface area (Å²) in [6.45, 7) is 13.8. The Balaban J connectivity index is 2.26. The molecule has 2 rings (SSSR count). The van der Waals surface area contributed by atoms with Gasteiger partial charge in [-0.05, 0) is 25.7 Å². The Bertz CT molecular complexity index is 404. The van der Waals surface area contributed by atoms with Crippen LogP contribution in [0.4, 0.5) is 0 Å². The lowest BCUT2D eigenvalue weighted by atomic mass is 9.88. The summed E-state index contributed by atoms with van der Waals surface area (Å²) in [4.78, 5) is 7.30. The van der Waals surface area contributed by atoms with Crippen LogP contribution in [0.25, 0.3) is 0 Å². The number of piperazine rings is 1. The summed E-state index contributed by atoms with van der Waals surface area (Å²) >= 11 is 1.80. The Morgan fingerprint density at radius 3 is 2.75 bits per heavy atom. The van der Waals surface area contributed by atoms with E-state index in [9.17, 15) is 0 Å². The Labute approximate surface area is 127 Å². The highest BCUT2D eigenvalue weighted by atomic mass is 32.1. The second-order valence-electron chi connectivity index (χ2n) is 6.57. The number of rotatable bonds is 5. The van der Waals surface area contributed by atoms with Crippen molar-refractivity contribution >= 4 is 11.3 Å². The molecule has 3 unspecified atom stereocenters. The lowest BCUT2D eigenvalue weighted by Gasteiger charge is -2.50. The minimum absolute atomic E-state index is 0.232. The zero-order valence-corrected chi connectivity index (χ0v) is 14.3. The third kappa shape index (κ3) is 3.23. The summed E-state index contributed by atoms with van der Waals surface area (Å²) in [6.07, 6.45) is 4.24. The third-order valence-electron chi connectivity index (χ3n) is 4.77. The standard InChI is InChI=1S/C16H29N3S/c1-6-13(15-17-8-9-20-15)19-11-16(5,7-2)18-10-14(19)12(3)4/h8-9,12-14,18H,6-7,10-11H2,1-5H3. The fraction of sp³-hybridized carbons (Fsp3) is 0.812. The fourth-order valence-electron chi connectivity index (χ4n) is 3.19. The molecule has 0 amide bonds. The van der Waals surface area contributed by atoms with E-state index in [0.29, 0.717) is 18.0 Å². The van der Waals surface area contributed by atoms with Gasteiger partial charge in [0.25, 0.3) is 0 Å². The summed E-state index contributed by atoms with van der Waals surface area (Å²) < 4.78 is 0. The molecule has 114 valence electrons. The number of aromatic nitrogens is 1. The molecular weight excluding hydrogens is 266 g/mol. The Morgan fingerprint density at radius 2 is 2.25 bits per heavy atom. The molecule has 1 aromatic rings. The van der Waals surface area contributed by atoms with Gasteiger partial charge in [-0.2, -0.15) is 0 Å². The van der Waals surface area contributed by atoms with Gasteiger partial charge in [0.1, 0.15) is 5.01 Å². The maximum Gasteiger partial charge on any atom is 0.110 e. The number of nitrogens with one attached hydrogen (secondary N) is 1. The normalized spacial score (nSPS) is 29.8. The molecule has 1 N–H and O–H groups in total. The molecule has 0 radical (unpaired) electrons. The van der Waals surface area contributed by atoms with E-state index in [-0.39, 0.29) is 5.54 Å². The molecule has 0 aromatic carbocycles. The maximum atomic E-state index is 4.59. The largest absolute Gasteiger partial charge is 0.309 e. The van der Waals surface area contributed by atoms with Crippen molar-refractivity contribution in [2.75, 3.05) is 13.1 Å².